The van der Waals surface area contributed by atoms with Crippen molar-refractivity contribution in [1.82, 2.24) is 5.43 Å². The first-order valence-electron chi connectivity index (χ1n) is 8.48. The molecular weight excluding hydrogens is 376 g/mol. The van der Waals surface area contributed by atoms with E-state index < -0.39 is 11.9 Å². The summed E-state index contributed by atoms with van der Waals surface area (Å²) < 4.78 is 15.9. The Kier molecular flexibility index (Phi) is 5.94. The molecule has 29 heavy (non-hydrogen) atoms. The van der Waals surface area contributed by atoms with Crippen LogP contribution in [-0.2, 0) is 0 Å². The molecule has 148 valence electrons. The molecule has 3 rings (SSSR count). The standard InChI is InChI=1S/C21H18N2O6/c1-27-17-9-15(10-18(11-17)28-2)20(24)23-22-12-16-7-8-19(29-16)13-3-5-14(6-4-13)21(25)26/h3-12H,1-2H3,(H,23,24)(H,25,26)/p-1/b22-12-. The number of hydrogen-bond acceptors (Lipinski definition) is 7. The summed E-state index contributed by atoms with van der Waals surface area (Å²) in [7, 11) is 2.99. The van der Waals surface area contributed by atoms with Crippen molar-refractivity contribution in [3.05, 3.63) is 71.5 Å². The smallest absolute Gasteiger partial charge is 0.271 e. The van der Waals surface area contributed by atoms with Gasteiger partial charge >= 0.3 is 0 Å². The van der Waals surface area contributed by atoms with Crippen LogP contribution in [0.5, 0.6) is 11.5 Å². The van der Waals surface area contributed by atoms with Gasteiger partial charge in [0.15, 0.2) is 0 Å². The van der Waals surface area contributed by atoms with E-state index in [-0.39, 0.29) is 5.56 Å². The number of aromatic carboxylic acids is 1. The van der Waals surface area contributed by atoms with E-state index in [9.17, 15) is 14.7 Å². The lowest BCUT2D eigenvalue weighted by atomic mass is 10.1. The first-order chi connectivity index (χ1) is 14.0. The second-order valence-electron chi connectivity index (χ2n) is 5.87. The number of carboxylic acids is 1. The molecule has 0 aliphatic rings. The Hall–Kier alpha value is -4.07. The number of benzene rings is 2. The van der Waals surface area contributed by atoms with Crippen LogP contribution in [0.25, 0.3) is 11.3 Å². The van der Waals surface area contributed by atoms with Crippen molar-refractivity contribution in [1.29, 1.82) is 0 Å². The van der Waals surface area contributed by atoms with Gasteiger partial charge in [-0.15, -0.1) is 0 Å². The molecule has 1 N–H and O–H groups in total. The third kappa shape index (κ3) is 4.81. The van der Waals surface area contributed by atoms with Crippen LogP contribution < -0.4 is 20.0 Å². The molecule has 0 aliphatic carbocycles. The molecule has 8 nitrogen and oxygen atoms in total. The van der Waals surface area contributed by atoms with Gasteiger partial charge in [0.05, 0.1) is 26.4 Å². The largest absolute Gasteiger partial charge is 0.545 e. The molecule has 0 spiro atoms. The molecule has 0 bridgehead atoms. The van der Waals surface area contributed by atoms with Crippen LogP contribution in [0.1, 0.15) is 26.5 Å². The lowest BCUT2D eigenvalue weighted by Crippen LogP contribution is -2.21. The Bertz CT molecular complexity index is 1030. The van der Waals surface area contributed by atoms with Gasteiger partial charge in [0.1, 0.15) is 23.0 Å². The minimum Gasteiger partial charge on any atom is -0.545 e. The molecule has 0 fully saturated rings. The van der Waals surface area contributed by atoms with Crippen LogP contribution in [0.4, 0.5) is 0 Å². The van der Waals surface area contributed by atoms with Gasteiger partial charge in [-0.25, -0.2) is 5.43 Å². The second kappa shape index (κ2) is 8.75. The topological polar surface area (TPSA) is 113 Å². The molecule has 0 saturated carbocycles. The summed E-state index contributed by atoms with van der Waals surface area (Å²) in [6.07, 6.45) is 1.36. The van der Waals surface area contributed by atoms with E-state index in [0.717, 1.165) is 0 Å². The number of ether oxygens (including phenoxy) is 2. The van der Waals surface area contributed by atoms with Crippen LogP contribution in [0.3, 0.4) is 0 Å². The number of nitrogens with zero attached hydrogens (tertiary/aromatic N) is 1. The monoisotopic (exact) mass is 393 g/mol. The number of rotatable bonds is 7. The van der Waals surface area contributed by atoms with Crippen LogP contribution >= 0.6 is 0 Å². The van der Waals surface area contributed by atoms with E-state index in [1.165, 1.54) is 32.6 Å². The number of hydrogen-bond donors (Lipinski definition) is 1. The summed E-state index contributed by atoms with van der Waals surface area (Å²) in [6.45, 7) is 0. The highest BCUT2D eigenvalue weighted by Crippen LogP contribution is 2.23. The third-order valence-electron chi connectivity index (χ3n) is 4.00. The van der Waals surface area contributed by atoms with Crippen molar-refractivity contribution < 1.29 is 28.6 Å². The average molecular weight is 393 g/mol. The Morgan fingerprint density at radius 3 is 2.21 bits per heavy atom. The Morgan fingerprint density at radius 1 is 0.966 bits per heavy atom. The second-order valence-corrected chi connectivity index (χ2v) is 5.87. The lowest BCUT2D eigenvalue weighted by Gasteiger charge is -2.07. The maximum Gasteiger partial charge on any atom is 0.271 e. The summed E-state index contributed by atoms with van der Waals surface area (Å²) in [5.74, 6) is 0.224. The Balaban J connectivity index is 1.67. The number of hydrazone groups is 1. The number of carboxylic acid groups (broad SMARTS) is 1. The van der Waals surface area contributed by atoms with Gasteiger partial charge in [0, 0.05) is 17.2 Å². The highest BCUT2D eigenvalue weighted by atomic mass is 16.5. The summed E-state index contributed by atoms with van der Waals surface area (Å²) >= 11 is 0. The molecule has 2 aromatic carbocycles. The quantitative estimate of drug-likeness (QED) is 0.486. The molecular formula is C21H17N2O6-. The van der Waals surface area contributed by atoms with E-state index in [1.807, 2.05) is 0 Å². The maximum atomic E-state index is 12.3. The minimum atomic E-state index is -1.24. The summed E-state index contributed by atoms with van der Waals surface area (Å²) in [4.78, 5) is 23.1. The normalized spacial score (nSPS) is 10.7. The van der Waals surface area contributed by atoms with Gasteiger partial charge in [-0.05, 0) is 29.8 Å². The van der Waals surface area contributed by atoms with Gasteiger partial charge < -0.3 is 23.8 Å². The zero-order valence-corrected chi connectivity index (χ0v) is 15.7. The van der Waals surface area contributed by atoms with Gasteiger partial charge in [-0.3, -0.25) is 4.79 Å². The summed E-state index contributed by atoms with van der Waals surface area (Å²) in [6, 6.07) is 14.3. The third-order valence-corrected chi connectivity index (χ3v) is 4.00. The van der Waals surface area contributed by atoms with Gasteiger partial charge in [-0.2, -0.15) is 5.10 Å². The van der Waals surface area contributed by atoms with Crippen molar-refractivity contribution in [2.45, 2.75) is 0 Å². The SMILES string of the molecule is COc1cc(OC)cc(C(=O)N/N=C\c2ccc(-c3ccc(C(=O)[O-])cc3)o2)c1. The van der Waals surface area contributed by atoms with E-state index in [1.54, 1.807) is 42.5 Å². The fourth-order valence-corrected chi connectivity index (χ4v) is 2.51. The first kappa shape index (κ1) is 19.7. The molecule has 0 radical (unpaired) electrons. The fourth-order valence-electron chi connectivity index (χ4n) is 2.51. The zero-order valence-electron chi connectivity index (χ0n) is 15.7. The number of nitrogens with one attached hydrogen (secondary N) is 1. The number of carbonyl (C=O) groups is 2. The van der Waals surface area contributed by atoms with Crippen LogP contribution in [-0.4, -0.2) is 32.3 Å². The molecule has 1 heterocycles. The van der Waals surface area contributed by atoms with E-state index in [2.05, 4.69) is 10.5 Å². The number of amides is 1. The maximum absolute atomic E-state index is 12.3. The Labute approximate surface area is 166 Å². The highest BCUT2D eigenvalue weighted by Gasteiger charge is 2.09. The summed E-state index contributed by atoms with van der Waals surface area (Å²) in [5, 5.41) is 14.7. The molecule has 0 unspecified atom stereocenters. The lowest BCUT2D eigenvalue weighted by molar-refractivity contribution is -0.255. The van der Waals surface area contributed by atoms with E-state index in [4.69, 9.17) is 13.9 Å². The number of furan rings is 1. The van der Waals surface area contributed by atoms with E-state index >= 15 is 0 Å². The fraction of sp³-hybridized carbons (Fsp3) is 0.0952. The average Bonchev–Trinajstić information content (AvgIpc) is 3.22. The molecule has 0 atom stereocenters. The molecule has 1 amide bonds. The predicted molar refractivity (Wildman–Crippen MR) is 103 cm³/mol. The van der Waals surface area contributed by atoms with Gasteiger partial charge in [0.2, 0.25) is 0 Å². The Morgan fingerprint density at radius 2 is 1.62 bits per heavy atom. The molecule has 0 aliphatic heterocycles. The first-order valence-corrected chi connectivity index (χ1v) is 8.48. The summed E-state index contributed by atoms with van der Waals surface area (Å²) in [5.41, 5.74) is 3.51. The highest BCUT2D eigenvalue weighted by molar-refractivity contribution is 5.95. The molecule has 8 heteroatoms. The molecule has 0 saturated heterocycles. The van der Waals surface area contributed by atoms with Crippen molar-refractivity contribution in [3.8, 4) is 22.8 Å². The minimum absolute atomic E-state index is 0.0824. The van der Waals surface area contributed by atoms with Crippen molar-refractivity contribution in [2.75, 3.05) is 14.2 Å². The van der Waals surface area contributed by atoms with Crippen molar-refractivity contribution >= 4 is 18.1 Å². The predicted octanol–water partition coefficient (Wildman–Crippen LogP) is 2.09. The molecule has 1 aromatic heterocycles. The zero-order chi connectivity index (χ0) is 20.8. The van der Waals surface area contributed by atoms with Crippen LogP contribution in [0.2, 0.25) is 0 Å². The molecule has 3 aromatic rings. The van der Waals surface area contributed by atoms with Crippen LogP contribution in [0.15, 0.2) is 64.1 Å². The van der Waals surface area contributed by atoms with Crippen LogP contribution in [0, 0.1) is 0 Å². The van der Waals surface area contributed by atoms with Crippen molar-refractivity contribution in [3.63, 3.8) is 0 Å². The van der Waals surface area contributed by atoms with Gasteiger partial charge in [0.25, 0.3) is 5.91 Å². The number of carbonyl (C=O) groups excluding carboxylic acids is 2. The van der Waals surface area contributed by atoms with Crippen molar-refractivity contribution in [2.24, 2.45) is 5.10 Å². The van der Waals surface area contributed by atoms with E-state index in [0.29, 0.717) is 34.1 Å². The number of methoxy groups -OCH3 is 2. The van der Waals surface area contributed by atoms with Gasteiger partial charge in [-0.1, -0.05) is 24.3 Å².